The summed E-state index contributed by atoms with van der Waals surface area (Å²) in [5.74, 6) is -0.175. The Hall–Kier alpha value is -1.49. The molecule has 1 saturated heterocycles. The predicted molar refractivity (Wildman–Crippen MR) is 84.2 cm³/mol. The molecule has 1 N–H and O–H groups in total. The van der Waals surface area contributed by atoms with Gasteiger partial charge in [0, 0.05) is 12.3 Å². The minimum atomic E-state index is -0.886. The first-order chi connectivity index (χ1) is 10.1. The highest BCUT2D eigenvalue weighted by Gasteiger charge is 2.33. The number of carboxylic acids is 1. The molecule has 0 bridgehead atoms. The minimum absolute atomic E-state index is 0.0527. The first kappa shape index (κ1) is 15.9. The fourth-order valence-electron chi connectivity index (χ4n) is 2.55. The molecule has 21 heavy (non-hydrogen) atoms. The van der Waals surface area contributed by atoms with E-state index < -0.39 is 12.0 Å². The maximum absolute atomic E-state index is 12.5. The van der Waals surface area contributed by atoms with Crippen LogP contribution in [0.25, 0.3) is 0 Å². The van der Waals surface area contributed by atoms with Crippen molar-refractivity contribution in [2.45, 2.75) is 43.2 Å². The Morgan fingerprint density at radius 3 is 2.71 bits per heavy atom. The van der Waals surface area contributed by atoms with Crippen LogP contribution in [0.5, 0.6) is 0 Å². The third-order valence-electron chi connectivity index (χ3n) is 3.76. The monoisotopic (exact) mass is 307 g/mol. The summed E-state index contributed by atoms with van der Waals surface area (Å²) in [5, 5.41) is 9.03. The number of likely N-dealkylation sites (tertiary alicyclic amines) is 1. The highest BCUT2D eigenvalue weighted by molar-refractivity contribution is 7.99. The van der Waals surface area contributed by atoms with Crippen molar-refractivity contribution in [3.8, 4) is 0 Å². The van der Waals surface area contributed by atoms with Crippen LogP contribution in [0, 0.1) is 0 Å². The number of amides is 1. The average molecular weight is 307 g/mol. The number of carbonyl (C=O) groups is 2. The molecule has 1 aromatic rings. The summed E-state index contributed by atoms with van der Waals surface area (Å²) in [6, 6.07) is 9.34. The van der Waals surface area contributed by atoms with E-state index in [0.717, 1.165) is 18.6 Å². The highest BCUT2D eigenvalue weighted by atomic mass is 32.2. The van der Waals surface area contributed by atoms with Gasteiger partial charge in [-0.05, 0) is 31.7 Å². The molecule has 1 heterocycles. The van der Waals surface area contributed by atoms with Crippen LogP contribution in [0.3, 0.4) is 0 Å². The van der Waals surface area contributed by atoms with Gasteiger partial charge in [0.2, 0.25) is 5.91 Å². The molecule has 0 saturated carbocycles. The zero-order valence-electron chi connectivity index (χ0n) is 12.2. The van der Waals surface area contributed by atoms with Crippen molar-refractivity contribution in [3.63, 3.8) is 0 Å². The summed E-state index contributed by atoms with van der Waals surface area (Å²) in [6.45, 7) is 2.43. The summed E-state index contributed by atoms with van der Waals surface area (Å²) in [7, 11) is 0. The van der Waals surface area contributed by atoms with Gasteiger partial charge >= 0.3 is 5.97 Å². The number of carbonyl (C=O) groups excluding carboxylic acids is 1. The smallest absolute Gasteiger partial charge is 0.326 e. The SMILES string of the molecule is CC(SCc1ccccc1)C(=O)N1CCCCC1C(=O)O. The van der Waals surface area contributed by atoms with Crippen molar-refractivity contribution in [3.05, 3.63) is 35.9 Å². The van der Waals surface area contributed by atoms with Crippen LogP contribution in [-0.2, 0) is 15.3 Å². The Bertz CT molecular complexity index is 492. The molecule has 114 valence electrons. The molecule has 0 aromatic heterocycles. The molecule has 0 radical (unpaired) electrons. The van der Waals surface area contributed by atoms with Crippen LogP contribution >= 0.6 is 11.8 Å². The fourth-order valence-corrected chi connectivity index (χ4v) is 3.47. The molecule has 1 fully saturated rings. The number of carboxylic acid groups (broad SMARTS) is 1. The molecule has 2 unspecified atom stereocenters. The van der Waals surface area contributed by atoms with Gasteiger partial charge in [-0.2, -0.15) is 0 Å². The standard InChI is InChI=1S/C16H21NO3S/c1-12(21-11-13-7-3-2-4-8-13)15(18)17-10-6-5-9-14(17)16(19)20/h2-4,7-8,12,14H,5-6,9-11H2,1H3,(H,19,20). The summed E-state index contributed by atoms with van der Waals surface area (Å²) >= 11 is 1.56. The maximum atomic E-state index is 12.5. The number of hydrogen-bond donors (Lipinski definition) is 1. The first-order valence-electron chi connectivity index (χ1n) is 7.28. The van der Waals surface area contributed by atoms with E-state index in [1.165, 1.54) is 5.56 Å². The summed E-state index contributed by atoms with van der Waals surface area (Å²) in [5.41, 5.74) is 1.18. The Morgan fingerprint density at radius 2 is 2.05 bits per heavy atom. The van der Waals surface area contributed by atoms with E-state index >= 15 is 0 Å². The van der Waals surface area contributed by atoms with E-state index in [1.807, 2.05) is 37.3 Å². The molecule has 2 rings (SSSR count). The van der Waals surface area contributed by atoms with Crippen LogP contribution in [-0.4, -0.2) is 39.7 Å². The number of benzene rings is 1. The van der Waals surface area contributed by atoms with Gasteiger partial charge in [-0.25, -0.2) is 4.79 Å². The first-order valence-corrected chi connectivity index (χ1v) is 8.33. The Kier molecular flexibility index (Phi) is 5.67. The van der Waals surface area contributed by atoms with Gasteiger partial charge in [-0.1, -0.05) is 30.3 Å². The summed E-state index contributed by atoms with van der Waals surface area (Å²) in [4.78, 5) is 25.3. The van der Waals surface area contributed by atoms with E-state index in [1.54, 1.807) is 16.7 Å². The number of aliphatic carboxylic acids is 1. The average Bonchev–Trinajstić information content (AvgIpc) is 2.52. The van der Waals surface area contributed by atoms with E-state index in [4.69, 9.17) is 0 Å². The second-order valence-electron chi connectivity index (χ2n) is 5.32. The van der Waals surface area contributed by atoms with Crippen LogP contribution in [0.1, 0.15) is 31.7 Å². The second-order valence-corrected chi connectivity index (χ2v) is 6.65. The zero-order valence-corrected chi connectivity index (χ0v) is 13.0. The Labute approximate surface area is 129 Å². The van der Waals surface area contributed by atoms with Crippen molar-refractivity contribution < 1.29 is 14.7 Å². The molecule has 1 aromatic carbocycles. The van der Waals surface area contributed by atoms with Crippen molar-refractivity contribution in [1.82, 2.24) is 4.90 Å². The number of nitrogens with zero attached hydrogens (tertiary/aromatic N) is 1. The molecule has 1 aliphatic heterocycles. The lowest BCUT2D eigenvalue weighted by atomic mass is 10.0. The van der Waals surface area contributed by atoms with Crippen LogP contribution in [0.2, 0.25) is 0 Å². The van der Waals surface area contributed by atoms with E-state index in [0.29, 0.717) is 13.0 Å². The third-order valence-corrected chi connectivity index (χ3v) is 4.96. The lowest BCUT2D eigenvalue weighted by molar-refractivity contribution is -0.151. The minimum Gasteiger partial charge on any atom is -0.480 e. The van der Waals surface area contributed by atoms with Crippen molar-refractivity contribution in [1.29, 1.82) is 0 Å². The molecule has 0 spiro atoms. The largest absolute Gasteiger partial charge is 0.480 e. The van der Waals surface area contributed by atoms with Gasteiger partial charge in [0.1, 0.15) is 6.04 Å². The lowest BCUT2D eigenvalue weighted by Gasteiger charge is -2.34. The van der Waals surface area contributed by atoms with Gasteiger partial charge in [-0.3, -0.25) is 4.79 Å². The Morgan fingerprint density at radius 1 is 1.33 bits per heavy atom. The predicted octanol–water partition coefficient (Wildman–Crippen LogP) is 2.77. The van der Waals surface area contributed by atoms with Crippen LogP contribution in [0.15, 0.2) is 30.3 Å². The topological polar surface area (TPSA) is 57.6 Å². The highest BCUT2D eigenvalue weighted by Crippen LogP contribution is 2.24. The van der Waals surface area contributed by atoms with Gasteiger partial charge in [-0.15, -0.1) is 11.8 Å². The normalized spacial score (nSPS) is 20.0. The summed E-state index contributed by atoms with van der Waals surface area (Å²) < 4.78 is 0. The number of piperidine rings is 1. The van der Waals surface area contributed by atoms with Crippen LogP contribution in [0.4, 0.5) is 0 Å². The maximum Gasteiger partial charge on any atom is 0.326 e. The second kappa shape index (κ2) is 7.50. The molecular weight excluding hydrogens is 286 g/mol. The fraction of sp³-hybridized carbons (Fsp3) is 0.500. The van der Waals surface area contributed by atoms with Crippen LogP contribution < -0.4 is 0 Å². The van der Waals surface area contributed by atoms with Crippen molar-refractivity contribution >= 4 is 23.6 Å². The van der Waals surface area contributed by atoms with E-state index in [2.05, 4.69) is 0 Å². The zero-order chi connectivity index (χ0) is 15.2. The van der Waals surface area contributed by atoms with Crippen molar-refractivity contribution in [2.75, 3.05) is 6.54 Å². The number of hydrogen-bond acceptors (Lipinski definition) is 3. The van der Waals surface area contributed by atoms with E-state index in [9.17, 15) is 14.7 Å². The third kappa shape index (κ3) is 4.24. The van der Waals surface area contributed by atoms with Gasteiger partial charge in [0.25, 0.3) is 0 Å². The summed E-state index contributed by atoms with van der Waals surface area (Å²) in [6.07, 6.45) is 2.34. The van der Waals surface area contributed by atoms with E-state index in [-0.39, 0.29) is 11.2 Å². The molecule has 5 heteroatoms. The van der Waals surface area contributed by atoms with Crippen molar-refractivity contribution in [2.24, 2.45) is 0 Å². The quantitative estimate of drug-likeness (QED) is 0.909. The lowest BCUT2D eigenvalue weighted by Crippen LogP contribution is -2.50. The molecular formula is C16H21NO3S. The Balaban J connectivity index is 1.93. The molecule has 0 aliphatic carbocycles. The molecule has 1 aliphatic rings. The van der Waals surface area contributed by atoms with Gasteiger partial charge in [0.15, 0.2) is 0 Å². The molecule has 4 nitrogen and oxygen atoms in total. The van der Waals surface area contributed by atoms with Gasteiger partial charge < -0.3 is 10.0 Å². The number of thioether (sulfide) groups is 1. The molecule has 1 amide bonds. The van der Waals surface area contributed by atoms with Gasteiger partial charge in [0.05, 0.1) is 5.25 Å². The number of rotatable bonds is 5. The molecule has 2 atom stereocenters.